The Labute approximate surface area is 108 Å². The van der Waals surface area contributed by atoms with Gasteiger partial charge in [-0.3, -0.25) is 5.32 Å². The Morgan fingerprint density at radius 1 is 1.61 bits per heavy atom. The molecule has 1 aromatic heterocycles. The Kier molecular flexibility index (Phi) is 4.85. The molecule has 0 unspecified atom stereocenters. The quantitative estimate of drug-likeness (QED) is 0.803. The molecule has 1 amide bonds. The fourth-order valence-electron chi connectivity index (χ4n) is 1.19. The van der Waals surface area contributed by atoms with E-state index in [1.165, 1.54) is 6.08 Å². The standard InChI is InChI=1S/C11H14N2O4S/c1-4-5-17-11(16)13-10-12-7(9(14)15)8(18-10)6(2)3/h4,6H,1,5H2,2-3H3,(H,14,15)(H,12,13,16). The van der Waals surface area contributed by atoms with Crippen LogP contribution in [0.25, 0.3) is 0 Å². The molecule has 1 heterocycles. The molecule has 0 radical (unpaired) electrons. The highest BCUT2D eigenvalue weighted by atomic mass is 32.1. The van der Waals surface area contributed by atoms with Gasteiger partial charge >= 0.3 is 12.1 Å². The maximum Gasteiger partial charge on any atom is 0.413 e. The molecular weight excluding hydrogens is 256 g/mol. The van der Waals surface area contributed by atoms with E-state index in [4.69, 9.17) is 9.84 Å². The van der Waals surface area contributed by atoms with E-state index in [0.29, 0.717) is 4.88 Å². The number of aromatic nitrogens is 1. The predicted molar refractivity (Wildman–Crippen MR) is 68.3 cm³/mol. The molecule has 1 rings (SSSR count). The number of nitrogens with one attached hydrogen (secondary N) is 1. The molecule has 0 bridgehead atoms. The number of aromatic carboxylic acids is 1. The molecule has 0 aromatic carbocycles. The molecule has 0 fully saturated rings. The summed E-state index contributed by atoms with van der Waals surface area (Å²) in [5, 5.41) is 11.6. The van der Waals surface area contributed by atoms with Crippen molar-refractivity contribution >= 4 is 28.5 Å². The molecule has 2 N–H and O–H groups in total. The van der Waals surface area contributed by atoms with Crippen molar-refractivity contribution in [2.45, 2.75) is 19.8 Å². The van der Waals surface area contributed by atoms with Crippen LogP contribution in [0.2, 0.25) is 0 Å². The number of thiazole rings is 1. The number of carbonyl (C=O) groups excluding carboxylic acids is 1. The van der Waals surface area contributed by atoms with Crippen molar-refractivity contribution in [3.05, 3.63) is 23.2 Å². The summed E-state index contributed by atoms with van der Waals surface area (Å²) in [6.45, 7) is 7.21. The molecule has 1 aromatic rings. The number of ether oxygens (including phenoxy) is 1. The molecule has 0 saturated heterocycles. The van der Waals surface area contributed by atoms with Crippen LogP contribution in [0.5, 0.6) is 0 Å². The van der Waals surface area contributed by atoms with E-state index in [2.05, 4.69) is 16.9 Å². The van der Waals surface area contributed by atoms with Gasteiger partial charge in [0.25, 0.3) is 0 Å². The molecular formula is C11H14N2O4S. The number of carbonyl (C=O) groups is 2. The molecule has 0 saturated carbocycles. The summed E-state index contributed by atoms with van der Waals surface area (Å²) in [7, 11) is 0. The summed E-state index contributed by atoms with van der Waals surface area (Å²) in [5.74, 6) is -1.09. The van der Waals surface area contributed by atoms with Crippen LogP contribution in [0.4, 0.5) is 9.93 Å². The van der Waals surface area contributed by atoms with E-state index in [-0.39, 0.29) is 23.4 Å². The first-order valence-corrected chi connectivity index (χ1v) is 6.06. The van der Waals surface area contributed by atoms with Crippen LogP contribution in [0.1, 0.15) is 35.1 Å². The molecule has 0 atom stereocenters. The topological polar surface area (TPSA) is 88.5 Å². The van der Waals surface area contributed by atoms with E-state index in [0.717, 1.165) is 11.3 Å². The van der Waals surface area contributed by atoms with Gasteiger partial charge in [0.2, 0.25) is 0 Å². The molecule has 18 heavy (non-hydrogen) atoms. The largest absolute Gasteiger partial charge is 0.476 e. The van der Waals surface area contributed by atoms with Crippen molar-refractivity contribution in [3.63, 3.8) is 0 Å². The zero-order valence-electron chi connectivity index (χ0n) is 10.1. The van der Waals surface area contributed by atoms with E-state index in [1.54, 1.807) is 0 Å². The summed E-state index contributed by atoms with van der Waals surface area (Å²) in [4.78, 5) is 26.7. The lowest BCUT2D eigenvalue weighted by molar-refractivity contribution is 0.0689. The van der Waals surface area contributed by atoms with Crippen molar-refractivity contribution in [1.29, 1.82) is 0 Å². The van der Waals surface area contributed by atoms with Crippen molar-refractivity contribution in [2.24, 2.45) is 0 Å². The van der Waals surface area contributed by atoms with Gasteiger partial charge in [0.15, 0.2) is 10.8 Å². The fourth-order valence-corrected chi connectivity index (χ4v) is 2.13. The minimum absolute atomic E-state index is 0.0216. The fraction of sp³-hybridized carbons (Fsp3) is 0.364. The lowest BCUT2D eigenvalue weighted by Crippen LogP contribution is -2.13. The normalized spacial score (nSPS) is 10.2. The molecule has 0 spiro atoms. The van der Waals surface area contributed by atoms with Crippen molar-refractivity contribution in [1.82, 2.24) is 4.98 Å². The Morgan fingerprint density at radius 3 is 2.72 bits per heavy atom. The van der Waals surface area contributed by atoms with Gasteiger partial charge in [-0.15, -0.1) is 11.3 Å². The molecule has 0 aliphatic carbocycles. The monoisotopic (exact) mass is 270 g/mol. The predicted octanol–water partition coefficient (Wildman–Crippen LogP) is 2.70. The van der Waals surface area contributed by atoms with Crippen LogP contribution >= 0.6 is 11.3 Å². The van der Waals surface area contributed by atoms with Gasteiger partial charge in [0.05, 0.1) is 0 Å². The van der Waals surface area contributed by atoms with Crippen LogP contribution in [-0.2, 0) is 4.74 Å². The van der Waals surface area contributed by atoms with E-state index in [1.807, 2.05) is 13.8 Å². The first-order valence-electron chi connectivity index (χ1n) is 5.24. The van der Waals surface area contributed by atoms with Crippen LogP contribution in [-0.4, -0.2) is 28.8 Å². The number of rotatable bonds is 5. The number of hydrogen-bond donors (Lipinski definition) is 2. The third-order valence-electron chi connectivity index (χ3n) is 1.92. The number of anilines is 1. The lowest BCUT2D eigenvalue weighted by atomic mass is 10.1. The van der Waals surface area contributed by atoms with Gasteiger partial charge in [-0.1, -0.05) is 26.5 Å². The van der Waals surface area contributed by atoms with Gasteiger partial charge < -0.3 is 9.84 Å². The highest BCUT2D eigenvalue weighted by Crippen LogP contribution is 2.29. The highest BCUT2D eigenvalue weighted by molar-refractivity contribution is 7.16. The van der Waals surface area contributed by atoms with Crippen LogP contribution < -0.4 is 5.32 Å². The second-order valence-electron chi connectivity index (χ2n) is 3.70. The molecule has 7 heteroatoms. The maximum atomic E-state index is 11.3. The molecule has 0 aliphatic rings. The van der Waals surface area contributed by atoms with Gasteiger partial charge in [-0.25, -0.2) is 14.6 Å². The summed E-state index contributed by atoms with van der Waals surface area (Å²) in [5.41, 5.74) is -0.0333. The van der Waals surface area contributed by atoms with Gasteiger partial charge in [0.1, 0.15) is 6.61 Å². The first kappa shape index (κ1) is 14.2. The second kappa shape index (κ2) is 6.15. The molecule has 98 valence electrons. The van der Waals surface area contributed by atoms with Gasteiger partial charge in [-0.05, 0) is 5.92 Å². The summed E-state index contributed by atoms with van der Waals surface area (Å²) in [6, 6.07) is 0. The van der Waals surface area contributed by atoms with Gasteiger partial charge in [0, 0.05) is 4.88 Å². The minimum Gasteiger partial charge on any atom is -0.476 e. The Bertz CT molecular complexity index is 468. The minimum atomic E-state index is -1.11. The van der Waals surface area contributed by atoms with Crippen molar-refractivity contribution in [2.75, 3.05) is 11.9 Å². The van der Waals surface area contributed by atoms with Crippen molar-refractivity contribution in [3.8, 4) is 0 Å². The average molecular weight is 270 g/mol. The van der Waals surface area contributed by atoms with Crippen molar-refractivity contribution < 1.29 is 19.4 Å². The van der Waals surface area contributed by atoms with Crippen LogP contribution in [0, 0.1) is 0 Å². The summed E-state index contributed by atoms with van der Waals surface area (Å²) in [6.07, 6.45) is 0.750. The molecule has 6 nitrogen and oxygen atoms in total. The number of carboxylic acid groups (broad SMARTS) is 1. The first-order chi connectivity index (χ1) is 8.45. The smallest absolute Gasteiger partial charge is 0.413 e. The third-order valence-corrected chi connectivity index (χ3v) is 3.19. The SMILES string of the molecule is C=CCOC(=O)Nc1nc(C(=O)O)c(C(C)C)s1. The Balaban J connectivity index is 2.84. The second-order valence-corrected chi connectivity index (χ2v) is 4.73. The number of hydrogen-bond acceptors (Lipinski definition) is 5. The maximum absolute atomic E-state index is 11.3. The zero-order chi connectivity index (χ0) is 13.7. The van der Waals surface area contributed by atoms with Gasteiger partial charge in [-0.2, -0.15) is 0 Å². The van der Waals surface area contributed by atoms with Crippen LogP contribution in [0.3, 0.4) is 0 Å². The zero-order valence-corrected chi connectivity index (χ0v) is 10.9. The average Bonchev–Trinajstić information content (AvgIpc) is 2.70. The third kappa shape index (κ3) is 3.56. The summed E-state index contributed by atoms with van der Waals surface area (Å²) >= 11 is 1.13. The number of carboxylic acids is 1. The molecule has 0 aliphatic heterocycles. The Morgan fingerprint density at radius 2 is 2.28 bits per heavy atom. The number of nitrogens with zero attached hydrogens (tertiary/aromatic N) is 1. The van der Waals surface area contributed by atoms with E-state index >= 15 is 0 Å². The van der Waals surface area contributed by atoms with E-state index < -0.39 is 12.1 Å². The lowest BCUT2D eigenvalue weighted by Gasteiger charge is -2.01. The van der Waals surface area contributed by atoms with Crippen LogP contribution in [0.15, 0.2) is 12.7 Å². The number of amides is 1. The summed E-state index contributed by atoms with van der Waals surface area (Å²) < 4.78 is 4.72. The van der Waals surface area contributed by atoms with E-state index in [9.17, 15) is 9.59 Å². The highest BCUT2D eigenvalue weighted by Gasteiger charge is 2.20. The Hall–Kier alpha value is -1.89.